The van der Waals surface area contributed by atoms with Crippen molar-refractivity contribution in [2.24, 2.45) is 0 Å². The molecule has 0 bridgehead atoms. The smallest absolute Gasteiger partial charge is 0.0364 e. The van der Waals surface area contributed by atoms with Gasteiger partial charge >= 0.3 is 0 Å². The van der Waals surface area contributed by atoms with Crippen LogP contribution >= 0.6 is 0 Å². The molecule has 0 fully saturated rings. The summed E-state index contributed by atoms with van der Waals surface area (Å²) in [5.74, 6) is 0. The minimum Gasteiger partial charge on any atom is -0.398 e. The van der Waals surface area contributed by atoms with Crippen LogP contribution in [0.25, 0.3) is 0 Å². The van der Waals surface area contributed by atoms with Crippen LogP contribution in [-0.2, 0) is 6.42 Å². The van der Waals surface area contributed by atoms with Gasteiger partial charge in [0.15, 0.2) is 0 Å². The Morgan fingerprint density at radius 3 is 2.61 bits per heavy atom. The van der Waals surface area contributed by atoms with Crippen LogP contribution in [0.15, 0.2) is 42.5 Å². The molecule has 18 heavy (non-hydrogen) atoms. The summed E-state index contributed by atoms with van der Waals surface area (Å²) in [6.45, 7) is 5.06. The molecular formula is C16H20N2. The first kappa shape index (κ1) is 12.5. The van der Waals surface area contributed by atoms with Crippen LogP contribution in [0.5, 0.6) is 0 Å². The van der Waals surface area contributed by atoms with Gasteiger partial charge in [0.25, 0.3) is 0 Å². The first-order valence-electron chi connectivity index (χ1n) is 6.31. The fourth-order valence-corrected chi connectivity index (χ4v) is 1.97. The molecule has 2 rings (SSSR count). The molecule has 2 nitrogen and oxygen atoms in total. The van der Waals surface area contributed by atoms with Crippen LogP contribution in [0.4, 0.5) is 11.4 Å². The number of hydrogen-bond acceptors (Lipinski definition) is 2. The molecule has 0 spiro atoms. The van der Waals surface area contributed by atoms with E-state index in [2.05, 4.69) is 42.6 Å². The van der Waals surface area contributed by atoms with Gasteiger partial charge in [-0.1, -0.05) is 35.9 Å². The SMILES string of the molecule is Cc1cccc(CCNc2ccc(C)c(N)c2)c1. The van der Waals surface area contributed by atoms with Gasteiger partial charge in [0.1, 0.15) is 0 Å². The summed E-state index contributed by atoms with van der Waals surface area (Å²) in [5.41, 5.74) is 11.6. The van der Waals surface area contributed by atoms with Crippen LogP contribution in [-0.4, -0.2) is 6.54 Å². The highest BCUT2D eigenvalue weighted by Crippen LogP contribution is 2.16. The van der Waals surface area contributed by atoms with Crippen LogP contribution in [0.2, 0.25) is 0 Å². The van der Waals surface area contributed by atoms with Gasteiger partial charge in [-0.3, -0.25) is 0 Å². The van der Waals surface area contributed by atoms with Gasteiger partial charge in [0, 0.05) is 17.9 Å². The fourth-order valence-electron chi connectivity index (χ4n) is 1.97. The molecule has 0 aromatic heterocycles. The topological polar surface area (TPSA) is 38.0 Å². The van der Waals surface area contributed by atoms with Crippen LogP contribution in [0, 0.1) is 13.8 Å². The molecule has 0 amide bonds. The predicted octanol–water partition coefficient (Wildman–Crippen LogP) is 3.54. The molecular weight excluding hydrogens is 220 g/mol. The van der Waals surface area contributed by atoms with E-state index in [-0.39, 0.29) is 0 Å². The molecule has 2 heteroatoms. The summed E-state index contributed by atoms with van der Waals surface area (Å²) in [4.78, 5) is 0. The normalized spacial score (nSPS) is 10.3. The average molecular weight is 240 g/mol. The number of nitrogens with one attached hydrogen (secondary N) is 1. The number of rotatable bonds is 4. The third-order valence-corrected chi connectivity index (χ3v) is 3.10. The Morgan fingerprint density at radius 1 is 1.06 bits per heavy atom. The summed E-state index contributed by atoms with van der Waals surface area (Å²) >= 11 is 0. The van der Waals surface area contributed by atoms with Crippen LogP contribution in [0.1, 0.15) is 16.7 Å². The predicted molar refractivity (Wildman–Crippen MR) is 79.0 cm³/mol. The maximum Gasteiger partial charge on any atom is 0.0364 e. The summed E-state index contributed by atoms with van der Waals surface area (Å²) in [7, 11) is 0. The van der Waals surface area contributed by atoms with Crippen molar-refractivity contribution in [3.63, 3.8) is 0 Å². The lowest BCUT2D eigenvalue weighted by Crippen LogP contribution is -2.05. The van der Waals surface area contributed by atoms with Crippen molar-refractivity contribution in [3.8, 4) is 0 Å². The van der Waals surface area contributed by atoms with Gasteiger partial charge < -0.3 is 11.1 Å². The number of nitrogens with two attached hydrogens (primary N) is 1. The maximum absolute atomic E-state index is 5.88. The quantitative estimate of drug-likeness (QED) is 0.802. The summed E-state index contributed by atoms with van der Waals surface area (Å²) in [6, 6.07) is 14.7. The lowest BCUT2D eigenvalue weighted by Gasteiger charge is -2.09. The molecule has 0 aliphatic heterocycles. The molecule has 0 atom stereocenters. The third kappa shape index (κ3) is 3.27. The molecule has 0 aliphatic carbocycles. The minimum absolute atomic E-state index is 0.843. The van der Waals surface area contributed by atoms with Crippen molar-refractivity contribution >= 4 is 11.4 Å². The zero-order valence-corrected chi connectivity index (χ0v) is 11.0. The molecule has 0 aliphatic rings. The lowest BCUT2D eigenvalue weighted by molar-refractivity contribution is 1.02. The molecule has 0 saturated carbocycles. The van der Waals surface area contributed by atoms with E-state index in [9.17, 15) is 0 Å². The molecule has 94 valence electrons. The maximum atomic E-state index is 5.88. The largest absolute Gasteiger partial charge is 0.398 e. The first-order chi connectivity index (χ1) is 8.65. The van der Waals surface area contributed by atoms with Crippen molar-refractivity contribution in [1.82, 2.24) is 0 Å². The first-order valence-corrected chi connectivity index (χ1v) is 6.31. The Bertz CT molecular complexity index is 532. The molecule has 2 aromatic carbocycles. The highest BCUT2D eigenvalue weighted by Gasteiger charge is 1.97. The standard InChI is InChI=1S/C16H20N2/c1-12-4-3-5-14(10-12)8-9-18-15-7-6-13(2)16(17)11-15/h3-7,10-11,18H,8-9,17H2,1-2H3. The van der Waals surface area contributed by atoms with Gasteiger partial charge in [-0.15, -0.1) is 0 Å². The van der Waals surface area contributed by atoms with Gasteiger partial charge in [-0.2, -0.15) is 0 Å². The van der Waals surface area contributed by atoms with E-state index in [0.29, 0.717) is 0 Å². The molecule has 0 heterocycles. The number of anilines is 2. The van der Waals surface area contributed by atoms with Crippen molar-refractivity contribution in [2.45, 2.75) is 20.3 Å². The number of aryl methyl sites for hydroxylation is 2. The van der Waals surface area contributed by atoms with Gasteiger partial charge in [-0.05, 0) is 43.5 Å². The number of benzene rings is 2. The van der Waals surface area contributed by atoms with Crippen LogP contribution in [0.3, 0.4) is 0 Å². The number of hydrogen-bond donors (Lipinski definition) is 2. The van der Waals surface area contributed by atoms with E-state index in [0.717, 1.165) is 29.9 Å². The summed E-state index contributed by atoms with van der Waals surface area (Å²) in [6.07, 6.45) is 1.02. The van der Waals surface area contributed by atoms with Crippen molar-refractivity contribution < 1.29 is 0 Å². The van der Waals surface area contributed by atoms with Crippen LogP contribution < -0.4 is 11.1 Å². The van der Waals surface area contributed by atoms with E-state index < -0.39 is 0 Å². The summed E-state index contributed by atoms with van der Waals surface area (Å²) in [5, 5.41) is 3.40. The highest BCUT2D eigenvalue weighted by atomic mass is 14.9. The van der Waals surface area contributed by atoms with E-state index in [4.69, 9.17) is 5.73 Å². The number of nitrogen functional groups attached to an aromatic ring is 1. The minimum atomic E-state index is 0.843. The Kier molecular flexibility index (Phi) is 3.88. The molecule has 2 aromatic rings. The Hall–Kier alpha value is -1.96. The van der Waals surface area contributed by atoms with E-state index in [1.54, 1.807) is 0 Å². The molecule has 0 saturated heterocycles. The van der Waals surface area contributed by atoms with Gasteiger partial charge in [-0.25, -0.2) is 0 Å². The second-order valence-electron chi connectivity index (χ2n) is 4.74. The lowest BCUT2D eigenvalue weighted by atomic mass is 10.1. The Morgan fingerprint density at radius 2 is 1.89 bits per heavy atom. The molecule has 0 radical (unpaired) electrons. The second-order valence-corrected chi connectivity index (χ2v) is 4.74. The van der Waals surface area contributed by atoms with Crippen molar-refractivity contribution in [1.29, 1.82) is 0 Å². The molecule has 3 N–H and O–H groups in total. The monoisotopic (exact) mass is 240 g/mol. The zero-order chi connectivity index (χ0) is 13.0. The third-order valence-electron chi connectivity index (χ3n) is 3.10. The highest BCUT2D eigenvalue weighted by molar-refractivity contribution is 5.58. The van der Waals surface area contributed by atoms with Gasteiger partial charge in [0.2, 0.25) is 0 Å². The van der Waals surface area contributed by atoms with E-state index >= 15 is 0 Å². The zero-order valence-electron chi connectivity index (χ0n) is 11.0. The summed E-state index contributed by atoms with van der Waals surface area (Å²) < 4.78 is 0. The Labute approximate surface area is 109 Å². The average Bonchev–Trinajstić information content (AvgIpc) is 2.34. The van der Waals surface area contributed by atoms with E-state index in [1.165, 1.54) is 11.1 Å². The van der Waals surface area contributed by atoms with Crippen molar-refractivity contribution in [2.75, 3.05) is 17.6 Å². The fraction of sp³-hybridized carbons (Fsp3) is 0.250. The molecule has 0 unspecified atom stereocenters. The van der Waals surface area contributed by atoms with Gasteiger partial charge in [0.05, 0.1) is 0 Å². The van der Waals surface area contributed by atoms with Crippen molar-refractivity contribution in [3.05, 3.63) is 59.2 Å². The van der Waals surface area contributed by atoms with E-state index in [1.807, 2.05) is 19.1 Å². The Balaban J connectivity index is 1.90. The second kappa shape index (κ2) is 5.58.